The average Bonchev–Trinajstić information content (AvgIpc) is 4.00. The zero-order chi connectivity index (χ0) is 47.2. The van der Waals surface area contributed by atoms with Gasteiger partial charge in [0.25, 0.3) is 0 Å². The van der Waals surface area contributed by atoms with Gasteiger partial charge >= 0.3 is 0 Å². The van der Waals surface area contributed by atoms with Gasteiger partial charge in [-0.05, 0) is 132 Å². The lowest BCUT2D eigenvalue weighted by molar-refractivity contribution is -0.130. The van der Waals surface area contributed by atoms with Gasteiger partial charge in [-0.2, -0.15) is 0 Å². The number of hydrogen-bond donors (Lipinski definition) is 1. The molecule has 8 nitrogen and oxygen atoms in total. The molecule has 0 bridgehead atoms. The SMILES string of the molecule is CC(C)(C)[Si](C)(C)OC[C@@H]1C(O[Si](C)(C)C(C)(C)C)C(O[Si](C)(C)C(C)(C)C)C(O[Si](C)(C)C(C)(C)C)CN1Cc1ccc(CNc2cc(-c3ncccn3)cc(C3CC3)c2)cc1. The van der Waals surface area contributed by atoms with Crippen LogP contribution in [-0.2, 0) is 30.8 Å². The van der Waals surface area contributed by atoms with Gasteiger partial charge in [0, 0.05) is 43.3 Å². The van der Waals surface area contributed by atoms with Crippen molar-refractivity contribution in [2.24, 2.45) is 0 Å². The number of nitrogens with one attached hydrogen (secondary N) is 1. The number of anilines is 1. The number of nitrogens with zero attached hydrogens (tertiary/aromatic N) is 3. The number of benzene rings is 2. The van der Waals surface area contributed by atoms with E-state index in [2.05, 4.69) is 198 Å². The highest BCUT2D eigenvalue weighted by Crippen LogP contribution is 2.47. The third-order valence-corrected chi connectivity index (χ3v) is 33.8. The molecule has 1 aliphatic carbocycles. The van der Waals surface area contributed by atoms with Crippen LogP contribution in [-0.4, -0.2) is 85.6 Å². The molecule has 5 rings (SSSR count). The summed E-state index contributed by atoms with van der Waals surface area (Å²) in [5.74, 6) is 1.40. The Kier molecular flexibility index (Phi) is 15.6. The van der Waals surface area contributed by atoms with E-state index in [1.54, 1.807) is 0 Å². The third kappa shape index (κ3) is 12.9. The summed E-state index contributed by atoms with van der Waals surface area (Å²) in [6.07, 6.45) is 5.53. The quantitative estimate of drug-likeness (QED) is 0.142. The Morgan fingerprint density at radius 2 is 1.11 bits per heavy atom. The van der Waals surface area contributed by atoms with Gasteiger partial charge in [0.05, 0.1) is 31.0 Å². The average molecular weight is 934 g/mol. The molecule has 3 unspecified atom stereocenters. The summed E-state index contributed by atoms with van der Waals surface area (Å²) in [6.45, 7) is 50.1. The Balaban J connectivity index is 1.52. The van der Waals surface area contributed by atoms with Crippen molar-refractivity contribution in [3.8, 4) is 11.4 Å². The molecule has 3 aromatic rings. The van der Waals surface area contributed by atoms with Gasteiger partial charge in [-0.3, -0.25) is 4.90 Å². The summed E-state index contributed by atoms with van der Waals surface area (Å²) in [4.78, 5) is 11.8. The lowest BCUT2D eigenvalue weighted by Crippen LogP contribution is -2.70. The van der Waals surface area contributed by atoms with E-state index in [1.807, 2.05) is 18.5 Å². The molecule has 1 saturated carbocycles. The Hall–Kier alpha value is -2.01. The monoisotopic (exact) mass is 933 g/mol. The number of likely N-dealkylation sites (tertiary alicyclic amines) is 1. The van der Waals surface area contributed by atoms with Crippen LogP contribution in [0.2, 0.25) is 72.5 Å². The van der Waals surface area contributed by atoms with Crippen LogP contribution in [0, 0.1) is 0 Å². The van der Waals surface area contributed by atoms with Crippen molar-refractivity contribution < 1.29 is 17.7 Å². The van der Waals surface area contributed by atoms with Crippen molar-refractivity contribution in [3.05, 3.63) is 77.6 Å². The normalized spacial score (nSPS) is 21.5. The van der Waals surface area contributed by atoms with E-state index >= 15 is 0 Å². The van der Waals surface area contributed by atoms with Crippen LogP contribution in [0.25, 0.3) is 11.4 Å². The van der Waals surface area contributed by atoms with Crippen LogP contribution in [0.1, 0.15) is 119 Å². The summed E-state index contributed by atoms with van der Waals surface area (Å²) in [7, 11) is -8.99. The Labute approximate surface area is 389 Å². The van der Waals surface area contributed by atoms with Gasteiger partial charge in [-0.1, -0.05) is 107 Å². The summed E-state index contributed by atoms with van der Waals surface area (Å²) in [6, 6.07) is 17.8. The minimum Gasteiger partial charge on any atom is -0.415 e. The van der Waals surface area contributed by atoms with Gasteiger partial charge in [0.2, 0.25) is 0 Å². The molecule has 1 aromatic heterocycles. The van der Waals surface area contributed by atoms with Crippen LogP contribution in [0.3, 0.4) is 0 Å². The zero-order valence-electron chi connectivity index (χ0n) is 43.4. The fraction of sp³-hybridized carbons (Fsp3) is 0.686. The van der Waals surface area contributed by atoms with E-state index in [0.29, 0.717) is 12.5 Å². The molecule has 0 spiro atoms. The highest BCUT2D eigenvalue weighted by molar-refractivity contribution is 6.75. The fourth-order valence-electron chi connectivity index (χ4n) is 7.17. The highest BCUT2D eigenvalue weighted by atomic mass is 28.4. The van der Waals surface area contributed by atoms with Crippen LogP contribution in [0.5, 0.6) is 0 Å². The van der Waals surface area contributed by atoms with Crippen molar-refractivity contribution >= 4 is 39.0 Å². The first kappa shape index (κ1) is 52.0. The predicted octanol–water partition coefficient (Wildman–Crippen LogP) is 14.0. The molecule has 0 amide bonds. The second-order valence-electron chi connectivity index (χ2n) is 25.0. The smallest absolute Gasteiger partial charge is 0.192 e. The van der Waals surface area contributed by atoms with Crippen LogP contribution >= 0.6 is 0 Å². The summed E-state index contributed by atoms with van der Waals surface area (Å²) in [5, 5.41) is 3.89. The predicted molar refractivity (Wildman–Crippen MR) is 277 cm³/mol. The largest absolute Gasteiger partial charge is 0.415 e. The first-order chi connectivity index (χ1) is 28.7. The molecule has 4 atom stereocenters. The molecule has 0 radical (unpaired) electrons. The maximum atomic E-state index is 7.78. The van der Waals surface area contributed by atoms with E-state index < -0.39 is 33.3 Å². The fourth-order valence-corrected chi connectivity index (χ4v) is 12.2. The van der Waals surface area contributed by atoms with Crippen molar-refractivity contribution in [2.75, 3.05) is 18.5 Å². The van der Waals surface area contributed by atoms with E-state index in [9.17, 15) is 0 Å². The Morgan fingerprint density at radius 1 is 0.619 bits per heavy atom. The molecule has 1 saturated heterocycles. The van der Waals surface area contributed by atoms with Crippen molar-refractivity contribution in [3.63, 3.8) is 0 Å². The van der Waals surface area contributed by atoms with Crippen molar-refractivity contribution in [1.29, 1.82) is 0 Å². The molecule has 1 aliphatic heterocycles. The van der Waals surface area contributed by atoms with Crippen LogP contribution in [0.4, 0.5) is 5.69 Å². The maximum absolute atomic E-state index is 7.78. The second kappa shape index (κ2) is 18.9. The molecule has 2 heterocycles. The topological polar surface area (TPSA) is 78.0 Å². The van der Waals surface area contributed by atoms with Gasteiger partial charge < -0.3 is 23.0 Å². The summed E-state index contributed by atoms with van der Waals surface area (Å²) >= 11 is 0. The maximum Gasteiger partial charge on any atom is 0.192 e. The molecule has 12 heteroatoms. The van der Waals surface area contributed by atoms with E-state index in [4.69, 9.17) is 17.7 Å². The Morgan fingerprint density at radius 3 is 1.62 bits per heavy atom. The summed E-state index contributed by atoms with van der Waals surface area (Å²) in [5.41, 5.74) is 6.06. The lowest BCUT2D eigenvalue weighted by Gasteiger charge is -2.56. The Bertz CT molecular complexity index is 1960. The first-order valence-electron chi connectivity index (χ1n) is 23.9. The molecule has 63 heavy (non-hydrogen) atoms. The number of rotatable bonds is 16. The first-order valence-corrected chi connectivity index (χ1v) is 35.5. The number of hydrogen-bond acceptors (Lipinski definition) is 8. The molecule has 2 aliphatic rings. The molecule has 2 aromatic carbocycles. The van der Waals surface area contributed by atoms with Gasteiger partial charge in [0.1, 0.15) is 0 Å². The van der Waals surface area contributed by atoms with E-state index in [1.165, 1.54) is 29.5 Å². The number of piperidine rings is 1. The minimum atomic E-state index is -2.32. The second-order valence-corrected chi connectivity index (χ2v) is 44.1. The lowest BCUT2D eigenvalue weighted by atomic mass is 9.93. The molecule has 2 fully saturated rings. The van der Waals surface area contributed by atoms with Crippen LogP contribution < -0.4 is 5.32 Å². The van der Waals surface area contributed by atoms with Gasteiger partial charge in [0.15, 0.2) is 39.1 Å². The van der Waals surface area contributed by atoms with E-state index in [0.717, 1.165) is 36.7 Å². The van der Waals surface area contributed by atoms with Crippen molar-refractivity contribution in [2.45, 2.75) is 212 Å². The standard InChI is InChI=1S/C51H88N4O4Si4/c1-48(2,3)60(13,14)56-36-43-45(58-62(17,18)50(7,8)9)46(59-63(19,20)51(10,11)12)44(57-61(15,16)49(4,5)6)35-55(43)34-38-24-22-37(23-25-38)33-54-42-31-40(39-26-27-39)30-41(32-42)47-52-28-21-29-53-47/h21-25,28-32,39,43-46,54H,26-27,33-36H2,1-20H3/t43-,44?,45?,46?/m1/s1. The van der Waals surface area contributed by atoms with Crippen LogP contribution in [0.15, 0.2) is 60.9 Å². The van der Waals surface area contributed by atoms with Crippen molar-refractivity contribution in [1.82, 2.24) is 14.9 Å². The zero-order valence-corrected chi connectivity index (χ0v) is 47.4. The van der Waals surface area contributed by atoms with E-state index in [-0.39, 0.29) is 44.5 Å². The summed E-state index contributed by atoms with van der Waals surface area (Å²) < 4.78 is 30.3. The molecular weight excluding hydrogens is 845 g/mol. The van der Waals surface area contributed by atoms with Gasteiger partial charge in [-0.25, -0.2) is 9.97 Å². The number of aromatic nitrogens is 2. The van der Waals surface area contributed by atoms with Gasteiger partial charge in [-0.15, -0.1) is 0 Å². The minimum absolute atomic E-state index is 0.0113. The highest BCUT2D eigenvalue weighted by Gasteiger charge is 2.55. The molecular formula is C51H88N4O4Si4. The molecule has 1 N–H and O–H groups in total. The molecule has 352 valence electrons. The third-order valence-electron chi connectivity index (χ3n) is 15.8.